The van der Waals surface area contributed by atoms with Gasteiger partial charge in [0.05, 0.1) is 24.4 Å². The lowest BCUT2D eigenvalue weighted by Crippen LogP contribution is -2.46. The Morgan fingerprint density at radius 1 is 1.03 bits per heavy atom. The second kappa shape index (κ2) is 12.1. The van der Waals surface area contributed by atoms with Crippen molar-refractivity contribution in [3.05, 3.63) is 29.8 Å². The summed E-state index contributed by atoms with van der Waals surface area (Å²) in [6.07, 6.45) is 14.9. The number of hydrogen-bond acceptors (Lipinski definition) is 4. The molecule has 3 fully saturated rings. The average Bonchev–Trinajstić information content (AvgIpc) is 2.86. The number of carbonyl (C=O) groups excluding carboxylic acids is 1. The molecule has 1 saturated heterocycles. The van der Waals surface area contributed by atoms with Crippen LogP contribution in [0.15, 0.2) is 29.3 Å². The molecule has 0 amide bonds. The zero-order valence-electron chi connectivity index (χ0n) is 21.2. The van der Waals surface area contributed by atoms with Crippen LogP contribution in [-0.2, 0) is 4.74 Å². The fraction of sp³-hybridized carbons (Fsp3) is 0.714. The van der Waals surface area contributed by atoms with E-state index in [9.17, 15) is 4.79 Å². The molecule has 4 rings (SSSR count). The van der Waals surface area contributed by atoms with E-state index < -0.39 is 0 Å². The van der Waals surface area contributed by atoms with E-state index in [1.54, 1.807) is 0 Å². The maximum absolute atomic E-state index is 12.3. The van der Waals surface area contributed by atoms with Gasteiger partial charge in [0.25, 0.3) is 0 Å². The number of guanidine groups is 1. The Labute approximate surface area is 205 Å². The Hall–Kier alpha value is -2.08. The van der Waals surface area contributed by atoms with E-state index in [2.05, 4.69) is 17.1 Å². The summed E-state index contributed by atoms with van der Waals surface area (Å²) in [7, 11) is 1.43. The highest BCUT2D eigenvalue weighted by atomic mass is 16.5. The number of para-hydroxylation sites is 1. The second-order valence-electron chi connectivity index (χ2n) is 10.8. The molecule has 0 bridgehead atoms. The minimum Gasteiger partial charge on any atom is -0.465 e. The number of nitrogens with two attached hydrogens (primary N) is 1. The topological polar surface area (TPSA) is 79.9 Å². The van der Waals surface area contributed by atoms with Crippen LogP contribution in [0.2, 0.25) is 0 Å². The van der Waals surface area contributed by atoms with E-state index in [1.807, 2.05) is 24.3 Å². The van der Waals surface area contributed by atoms with Gasteiger partial charge in [0.15, 0.2) is 5.96 Å². The quantitative estimate of drug-likeness (QED) is 0.335. The molecule has 1 unspecified atom stereocenters. The predicted molar refractivity (Wildman–Crippen MR) is 139 cm³/mol. The van der Waals surface area contributed by atoms with Crippen LogP contribution in [0.25, 0.3) is 0 Å². The number of methoxy groups -OCH3 is 1. The Morgan fingerprint density at radius 2 is 1.71 bits per heavy atom. The van der Waals surface area contributed by atoms with E-state index in [0.29, 0.717) is 23.7 Å². The smallest absolute Gasteiger partial charge is 0.339 e. The highest BCUT2D eigenvalue weighted by molar-refractivity contribution is 6.02. The Morgan fingerprint density at radius 3 is 2.38 bits per heavy atom. The van der Waals surface area contributed by atoms with Gasteiger partial charge in [0.2, 0.25) is 0 Å². The van der Waals surface area contributed by atoms with Crippen molar-refractivity contribution in [3.63, 3.8) is 0 Å². The van der Waals surface area contributed by atoms with Crippen LogP contribution in [0.1, 0.15) is 94.3 Å². The number of likely N-dealkylation sites (tertiary alicyclic amines) is 1. The van der Waals surface area contributed by atoms with Crippen molar-refractivity contribution in [2.24, 2.45) is 22.6 Å². The Balaban J connectivity index is 1.44. The van der Waals surface area contributed by atoms with E-state index in [0.717, 1.165) is 42.9 Å². The number of piperidine rings is 1. The second-order valence-corrected chi connectivity index (χ2v) is 10.8. The molecule has 3 aliphatic rings. The molecule has 6 heteroatoms. The minimum absolute atomic E-state index is 0.321. The van der Waals surface area contributed by atoms with Crippen LogP contribution in [0, 0.1) is 11.8 Å². The van der Waals surface area contributed by atoms with Gasteiger partial charge >= 0.3 is 5.97 Å². The van der Waals surface area contributed by atoms with Crippen LogP contribution >= 0.6 is 0 Å². The molecule has 6 nitrogen and oxygen atoms in total. The van der Waals surface area contributed by atoms with E-state index in [-0.39, 0.29) is 5.97 Å². The lowest BCUT2D eigenvalue weighted by Gasteiger charge is -2.37. The van der Waals surface area contributed by atoms with E-state index >= 15 is 0 Å². The Bertz CT molecular complexity index is 825. The summed E-state index contributed by atoms with van der Waals surface area (Å²) in [6, 6.07) is 8.82. The summed E-state index contributed by atoms with van der Waals surface area (Å²) in [6.45, 7) is 3.29. The summed E-state index contributed by atoms with van der Waals surface area (Å²) in [5, 5.41) is 3.55. The number of nitrogens with zero attached hydrogens (tertiary/aromatic N) is 2. The maximum Gasteiger partial charge on any atom is 0.339 e. The molecule has 0 radical (unpaired) electrons. The van der Waals surface area contributed by atoms with Crippen molar-refractivity contribution < 1.29 is 9.53 Å². The summed E-state index contributed by atoms with van der Waals surface area (Å²) in [4.78, 5) is 20.0. The molecule has 2 aliphatic carbocycles. The first-order valence-electron chi connectivity index (χ1n) is 13.6. The monoisotopic (exact) mass is 468 g/mol. The van der Waals surface area contributed by atoms with E-state index in [4.69, 9.17) is 15.5 Å². The molecule has 1 aromatic rings. The first kappa shape index (κ1) is 25.0. The zero-order valence-corrected chi connectivity index (χ0v) is 21.2. The summed E-state index contributed by atoms with van der Waals surface area (Å²) in [5.41, 5.74) is 7.43. The van der Waals surface area contributed by atoms with Crippen LogP contribution in [0.5, 0.6) is 0 Å². The molecular formula is C28H44N4O2. The fourth-order valence-electron chi connectivity index (χ4n) is 6.17. The van der Waals surface area contributed by atoms with Crippen LogP contribution in [-0.4, -0.2) is 48.6 Å². The van der Waals surface area contributed by atoms with Gasteiger partial charge < -0.3 is 20.7 Å². The largest absolute Gasteiger partial charge is 0.465 e. The summed E-state index contributed by atoms with van der Waals surface area (Å²) >= 11 is 0. The van der Waals surface area contributed by atoms with Gasteiger partial charge in [-0.2, -0.15) is 0 Å². The molecule has 1 heterocycles. The van der Waals surface area contributed by atoms with Crippen molar-refractivity contribution in [1.82, 2.24) is 4.90 Å². The zero-order chi connectivity index (χ0) is 23.9. The third-order valence-electron chi connectivity index (χ3n) is 8.33. The SMILES string of the molecule is COC(=O)c1ccccc1NC(=NC1CCC(CC2CCC(N)CC2)CC1)N1CCCCC1C. The maximum atomic E-state index is 12.3. The fourth-order valence-corrected chi connectivity index (χ4v) is 6.17. The molecule has 1 atom stereocenters. The van der Waals surface area contributed by atoms with Gasteiger partial charge in [-0.05, 0) is 108 Å². The number of esters is 1. The van der Waals surface area contributed by atoms with Gasteiger partial charge in [-0.3, -0.25) is 0 Å². The molecule has 34 heavy (non-hydrogen) atoms. The van der Waals surface area contributed by atoms with Crippen LogP contribution in [0.4, 0.5) is 5.69 Å². The molecule has 1 aliphatic heterocycles. The van der Waals surface area contributed by atoms with Crippen molar-refractivity contribution >= 4 is 17.6 Å². The number of anilines is 1. The van der Waals surface area contributed by atoms with E-state index in [1.165, 1.54) is 71.3 Å². The summed E-state index contributed by atoms with van der Waals surface area (Å²) < 4.78 is 5.02. The summed E-state index contributed by atoms with van der Waals surface area (Å²) in [5.74, 6) is 2.33. The molecule has 1 aromatic carbocycles. The number of rotatable bonds is 5. The van der Waals surface area contributed by atoms with Gasteiger partial charge in [-0.25, -0.2) is 9.79 Å². The van der Waals surface area contributed by atoms with Crippen molar-refractivity contribution in [1.29, 1.82) is 0 Å². The van der Waals surface area contributed by atoms with Crippen molar-refractivity contribution in [2.45, 2.75) is 102 Å². The van der Waals surface area contributed by atoms with Crippen LogP contribution < -0.4 is 11.1 Å². The number of aliphatic imine (C=N–C) groups is 1. The number of nitrogens with one attached hydrogen (secondary N) is 1. The lowest BCUT2D eigenvalue weighted by molar-refractivity contribution is 0.0602. The first-order chi connectivity index (χ1) is 16.5. The van der Waals surface area contributed by atoms with Gasteiger partial charge in [0, 0.05) is 18.6 Å². The van der Waals surface area contributed by atoms with Gasteiger partial charge in [0.1, 0.15) is 0 Å². The molecule has 2 saturated carbocycles. The number of hydrogen-bond donors (Lipinski definition) is 2. The van der Waals surface area contributed by atoms with Crippen LogP contribution in [0.3, 0.4) is 0 Å². The number of carbonyl (C=O) groups is 1. The standard InChI is InChI=1S/C28H44N4O2/c1-20-7-5-6-18-32(20)28(31-26-9-4-3-8-25(26)27(33)34-2)30-24-16-12-22(13-17-24)19-21-10-14-23(29)15-11-21/h3-4,8-9,20-24H,5-7,10-19,29H2,1-2H3,(H,30,31). The number of benzene rings is 1. The highest BCUT2D eigenvalue weighted by Crippen LogP contribution is 2.36. The lowest BCUT2D eigenvalue weighted by atomic mass is 9.76. The molecule has 0 spiro atoms. The predicted octanol–water partition coefficient (Wildman–Crippen LogP) is 5.58. The molecule has 188 valence electrons. The van der Waals surface area contributed by atoms with Gasteiger partial charge in [-0.1, -0.05) is 12.1 Å². The average molecular weight is 469 g/mol. The highest BCUT2D eigenvalue weighted by Gasteiger charge is 2.28. The molecule has 0 aromatic heterocycles. The molecule has 3 N–H and O–H groups in total. The van der Waals surface area contributed by atoms with Crippen molar-refractivity contribution in [2.75, 3.05) is 19.0 Å². The van der Waals surface area contributed by atoms with Crippen molar-refractivity contribution in [3.8, 4) is 0 Å². The third kappa shape index (κ3) is 6.53. The minimum atomic E-state index is -0.321. The normalized spacial score (nSPS) is 30.6. The number of ether oxygens (including phenoxy) is 1. The van der Waals surface area contributed by atoms with Gasteiger partial charge in [-0.15, -0.1) is 0 Å². The Kier molecular flexibility index (Phi) is 8.87. The third-order valence-corrected chi connectivity index (χ3v) is 8.33. The first-order valence-corrected chi connectivity index (χ1v) is 13.6. The molecular weight excluding hydrogens is 424 g/mol.